The van der Waals surface area contributed by atoms with Crippen molar-refractivity contribution in [3.63, 3.8) is 0 Å². The topological polar surface area (TPSA) is 44.1 Å². The third kappa shape index (κ3) is 2.74. The Morgan fingerprint density at radius 3 is 2.70 bits per heavy atom. The van der Waals surface area contributed by atoms with Crippen molar-refractivity contribution in [2.75, 3.05) is 13.6 Å². The second kappa shape index (κ2) is 4.40. The van der Waals surface area contributed by atoms with Crippen LogP contribution in [0, 0.1) is 23.2 Å². The van der Waals surface area contributed by atoms with Crippen LogP contribution in [0.2, 0.25) is 0 Å². The summed E-state index contributed by atoms with van der Waals surface area (Å²) >= 11 is 0. The van der Waals surface area contributed by atoms with Gasteiger partial charge in [-0.15, -0.1) is 0 Å². The van der Waals surface area contributed by atoms with Gasteiger partial charge in [0.2, 0.25) is 0 Å². The summed E-state index contributed by atoms with van der Waals surface area (Å²) in [4.78, 5) is 12.0. The number of hydrogen-bond acceptors (Lipinski definition) is 2. The van der Waals surface area contributed by atoms with Crippen molar-refractivity contribution >= 4 is 5.91 Å². The van der Waals surface area contributed by atoms with Crippen LogP contribution in [0.25, 0.3) is 0 Å². The maximum Gasteiger partial charge on any atom is 0.299 e. The van der Waals surface area contributed by atoms with E-state index in [0.29, 0.717) is 0 Å². The van der Waals surface area contributed by atoms with E-state index in [4.69, 9.17) is 5.26 Å². The monoisotopic (exact) mass is 136 g/mol. The molecule has 0 aromatic heterocycles. The smallest absolute Gasteiger partial charge is 0.299 e. The van der Waals surface area contributed by atoms with E-state index in [-0.39, 0.29) is 12.5 Å². The Balaban J connectivity index is 3.93. The predicted molar refractivity (Wildman–Crippen MR) is 36.7 cm³/mol. The lowest BCUT2D eigenvalue weighted by molar-refractivity contribution is -0.123. The Labute approximate surface area is 60.2 Å². The molecule has 0 radical (unpaired) electrons. The van der Waals surface area contributed by atoms with Crippen molar-refractivity contribution in [1.82, 2.24) is 4.90 Å². The summed E-state index contributed by atoms with van der Waals surface area (Å²) in [7, 11) is 1.54. The van der Waals surface area contributed by atoms with Crippen LogP contribution in [0.5, 0.6) is 0 Å². The molecule has 0 N–H and O–H groups in total. The van der Waals surface area contributed by atoms with Gasteiger partial charge >= 0.3 is 0 Å². The second-order valence-corrected chi connectivity index (χ2v) is 1.69. The molecular weight excluding hydrogens is 128 g/mol. The molecule has 0 aromatic rings. The summed E-state index contributed by atoms with van der Waals surface area (Å²) < 4.78 is 0. The van der Waals surface area contributed by atoms with Gasteiger partial charge in [0.1, 0.15) is 6.54 Å². The van der Waals surface area contributed by atoms with Crippen molar-refractivity contribution < 1.29 is 4.79 Å². The van der Waals surface area contributed by atoms with Gasteiger partial charge in [0.15, 0.2) is 0 Å². The normalized spacial score (nSPS) is 6.90. The van der Waals surface area contributed by atoms with E-state index < -0.39 is 0 Å². The fourth-order valence-electron chi connectivity index (χ4n) is 0.380. The first kappa shape index (κ1) is 8.52. The fraction of sp³-hybridized carbons (Fsp3) is 0.429. The minimum absolute atomic E-state index is 0.0908. The Bertz CT molecular complexity index is 216. The molecule has 0 aliphatic rings. The molecule has 0 rings (SSSR count). The van der Waals surface area contributed by atoms with E-state index in [0.717, 1.165) is 0 Å². The van der Waals surface area contributed by atoms with Gasteiger partial charge < -0.3 is 4.90 Å². The number of carbonyl (C=O) groups is 1. The third-order valence-electron chi connectivity index (χ3n) is 0.887. The molecular formula is C7H8N2O. The van der Waals surface area contributed by atoms with Gasteiger partial charge in [-0.3, -0.25) is 4.79 Å². The second-order valence-electron chi connectivity index (χ2n) is 1.69. The first-order chi connectivity index (χ1) is 4.72. The van der Waals surface area contributed by atoms with Crippen LogP contribution in [-0.4, -0.2) is 24.4 Å². The quantitative estimate of drug-likeness (QED) is 0.376. The van der Waals surface area contributed by atoms with Crippen LogP contribution in [0.3, 0.4) is 0 Å². The molecule has 1 amide bonds. The van der Waals surface area contributed by atoms with Gasteiger partial charge in [-0.1, -0.05) is 5.92 Å². The SMILES string of the molecule is CC#CC(=O)N(C)CC#N. The zero-order valence-electron chi connectivity index (χ0n) is 6.01. The van der Waals surface area contributed by atoms with Crippen molar-refractivity contribution in [2.24, 2.45) is 0 Å². The first-order valence-corrected chi connectivity index (χ1v) is 2.77. The molecule has 0 saturated carbocycles. The highest BCUT2D eigenvalue weighted by molar-refractivity contribution is 5.93. The van der Waals surface area contributed by atoms with Crippen LogP contribution >= 0.6 is 0 Å². The van der Waals surface area contributed by atoms with E-state index >= 15 is 0 Å². The van der Waals surface area contributed by atoms with Crippen molar-refractivity contribution in [3.8, 4) is 17.9 Å². The molecule has 0 saturated heterocycles. The van der Waals surface area contributed by atoms with Crippen LogP contribution in [0.1, 0.15) is 6.92 Å². The van der Waals surface area contributed by atoms with Gasteiger partial charge in [0.25, 0.3) is 5.91 Å². The minimum Gasteiger partial charge on any atom is -0.322 e. The van der Waals surface area contributed by atoms with Crippen molar-refractivity contribution in [2.45, 2.75) is 6.92 Å². The van der Waals surface area contributed by atoms with E-state index in [1.807, 2.05) is 6.07 Å². The highest BCUT2D eigenvalue weighted by Crippen LogP contribution is 1.79. The third-order valence-corrected chi connectivity index (χ3v) is 0.887. The number of rotatable bonds is 1. The molecule has 0 bridgehead atoms. The van der Waals surface area contributed by atoms with Crippen molar-refractivity contribution in [3.05, 3.63) is 0 Å². The van der Waals surface area contributed by atoms with E-state index in [2.05, 4.69) is 11.8 Å². The molecule has 0 aliphatic heterocycles. The minimum atomic E-state index is -0.316. The number of nitriles is 1. The molecule has 0 unspecified atom stereocenters. The lowest BCUT2D eigenvalue weighted by Crippen LogP contribution is -2.25. The van der Waals surface area contributed by atoms with Gasteiger partial charge in [-0.05, 0) is 12.8 Å². The van der Waals surface area contributed by atoms with Gasteiger partial charge in [-0.2, -0.15) is 5.26 Å². The molecule has 0 heterocycles. The number of nitrogens with zero attached hydrogens (tertiary/aromatic N) is 2. The molecule has 0 atom stereocenters. The average Bonchev–Trinajstić information content (AvgIpc) is 1.89. The van der Waals surface area contributed by atoms with Gasteiger partial charge in [0, 0.05) is 7.05 Å². The van der Waals surface area contributed by atoms with Crippen LogP contribution in [0.4, 0.5) is 0 Å². The largest absolute Gasteiger partial charge is 0.322 e. The fourth-order valence-corrected chi connectivity index (χ4v) is 0.380. The molecule has 0 spiro atoms. The average molecular weight is 136 g/mol. The van der Waals surface area contributed by atoms with Gasteiger partial charge in [0.05, 0.1) is 6.07 Å². The maximum absolute atomic E-state index is 10.7. The van der Waals surface area contributed by atoms with E-state index in [1.54, 1.807) is 6.92 Å². The van der Waals surface area contributed by atoms with E-state index in [1.165, 1.54) is 11.9 Å². The molecule has 10 heavy (non-hydrogen) atoms. The van der Waals surface area contributed by atoms with Crippen LogP contribution in [-0.2, 0) is 4.79 Å². The molecule has 0 aromatic carbocycles. The highest BCUT2D eigenvalue weighted by atomic mass is 16.2. The zero-order chi connectivity index (χ0) is 7.98. The summed E-state index contributed by atoms with van der Waals surface area (Å²) in [5.74, 6) is 4.46. The zero-order valence-corrected chi connectivity index (χ0v) is 6.01. The molecule has 3 nitrogen and oxygen atoms in total. The number of hydrogen-bond donors (Lipinski definition) is 0. The first-order valence-electron chi connectivity index (χ1n) is 2.77. The Hall–Kier alpha value is -1.48. The lowest BCUT2D eigenvalue weighted by Gasteiger charge is -2.06. The summed E-state index contributed by atoms with van der Waals surface area (Å²) in [6.45, 7) is 1.67. The summed E-state index contributed by atoms with van der Waals surface area (Å²) in [5.41, 5.74) is 0. The lowest BCUT2D eigenvalue weighted by atomic mass is 10.5. The number of carbonyl (C=O) groups excluding carboxylic acids is 1. The van der Waals surface area contributed by atoms with Crippen LogP contribution < -0.4 is 0 Å². The summed E-state index contributed by atoms with van der Waals surface area (Å²) in [6.07, 6.45) is 0. The summed E-state index contributed by atoms with van der Waals surface area (Å²) in [6, 6.07) is 1.84. The summed E-state index contributed by atoms with van der Waals surface area (Å²) in [5, 5.41) is 8.16. The highest BCUT2D eigenvalue weighted by Gasteiger charge is 2.01. The van der Waals surface area contributed by atoms with Crippen LogP contribution in [0.15, 0.2) is 0 Å². The Morgan fingerprint density at radius 2 is 2.30 bits per heavy atom. The maximum atomic E-state index is 10.7. The Kier molecular flexibility index (Phi) is 3.75. The molecule has 3 heteroatoms. The molecule has 0 aliphatic carbocycles. The van der Waals surface area contributed by atoms with E-state index in [9.17, 15) is 4.79 Å². The van der Waals surface area contributed by atoms with Gasteiger partial charge in [-0.25, -0.2) is 0 Å². The predicted octanol–water partition coefficient (Wildman–Crippen LogP) is -0.00832. The van der Waals surface area contributed by atoms with Crippen molar-refractivity contribution in [1.29, 1.82) is 5.26 Å². The Morgan fingerprint density at radius 1 is 1.70 bits per heavy atom. The standard InChI is InChI=1S/C7H8N2O/c1-3-4-7(10)9(2)6-5-8/h6H2,1-2H3. The molecule has 0 fully saturated rings. The number of amides is 1. The molecule has 52 valence electrons.